The Morgan fingerprint density at radius 1 is 1.11 bits per heavy atom. The third-order valence-electron chi connectivity index (χ3n) is 2.22. The molecule has 4 heteroatoms. The van der Waals surface area contributed by atoms with Crippen LogP contribution in [-0.2, 0) is 9.59 Å². The van der Waals surface area contributed by atoms with Crippen LogP contribution in [0, 0.1) is 6.92 Å². The first-order chi connectivity index (χ1) is 8.38. The molecular formula is C14H18N2O2. The standard InChI is InChI=1S/C14H18N2O2/c1-9(2)7-14(18)16-12-5-6-13(10(3)8-12)15-11(4)17/h5-8H,1-4H3,(H,15,17)(H,16,18). The van der Waals surface area contributed by atoms with E-state index in [0.29, 0.717) is 5.69 Å². The molecule has 0 fully saturated rings. The van der Waals surface area contributed by atoms with Gasteiger partial charge in [0.1, 0.15) is 0 Å². The Balaban J connectivity index is 2.81. The number of anilines is 2. The van der Waals surface area contributed by atoms with E-state index < -0.39 is 0 Å². The van der Waals surface area contributed by atoms with E-state index >= 15 is 0 Å². The molecule has 1 rings (SSSR count). The van der Waals surface area contributed by atoms with Crippen LogP contribution in [0.5, 0.6) is 0 Å². The smallest absolute Gasteiger partial charge is 0.248 e. The van der Waals surface area contributed by atoms with Crippen molar-refractivity contribution in [1.82, 2.24) is 0 Å². The first-order valence-electron chi connectivity index (χ1n) is 5.72. The van der Waals surface area contributed by atoms with Crippen molar-refractivity contribution >= 4 is 23.2 Å². The van der Waals surface area contributed by atoms with Crippen LogP contribution in [0.25, 0.3) is 0 Å². The predicted molar refractivity (Wildman–Crippen MR) is 73.5 cm³/mol. The molecule has 0 heterocycles. The fourth-order valence-electron chi connectivity index (χ4n) is 1.51. The zero-order valence-electron chi connectivity index (χ0n) is 11.1. The Labute approximate surface area is 107 Å². The lowest BCUT2D eigenvalue weighted by atomic mass is 10.1. The average Bonchev–Trinajstić information content (AvgIpc) is 2.20. The lowest BCUT2D eigenvalue weighted by Crippen LogP contribution is -2.10. The van der Waals surface area contributed by atoms with Crippen LogP contribution < -0.4 is 10.6 Å². The number of carbonyl (C=O) groups excluding carboxylic acids is 2. The van der Waals surface area contributed by atoms with Crippen LogP contribution in [-0.4, -0.2) is 11.8 Å². The van der Waals surface area contributed by atoms with E-state index in [9.17, 15) is 9.59 Å². The molecule has 0 spiro atoms. The largest absolute Gasteiger partial charge is 0.326 e. The van der Waals surface area contributed by atoms with Gasteiger partial charge in [-0.25, -0.2) is 0 Å². The predicted octanol–water partition coefficient (Wildman–Crippen LogP) is 2.86. The minimum atomic E-state index is -0.151. The fraction of sp³-hybridized carbons (Fsp3) is 0.286. The quantitative estimate of drug-likeness (QED) is 0.806. The molecule has 4 nitrogen and oxygen atoms in total. The van der Waals surface area contributed by atoms with Crippen molar-refractivity contribution in [3.05, 3.63) is 35.4 Å². The molecule has 1 aromatic carbocycles. The molecule has 0 saturated carbocycles. The number of benzene rings is 1. The minimum absolute atomic E-state index is 0.112. The van der Waals surface area contributed by atoms with E-state index in [1.165, 1.54) is 13.0 Å². The maximum atomic E-state index is 11.5. The summed E-state index contributed by atoms with van der Waals surface area (Å²) >= 11 is 0. The zero-order chi connectivity index (χ0) is 13.7. The van der Waals surface area contributed by atoms with Crippen LogP contribution in [0.1, 0.15) is 26.3 Å². The third kappa shape index (κ3) is 4.41. The van der Waals surface area contributed by atoms with Crippen LogP contribution in [0.2, 0.25) is 0 Å². The van der Waals surface area contributed by atoms with Gasteiger partial charge < -0.3 is 10.6 Å². The van der Waals surface area contributed by atoms with Crippen LogP contribution >= 0.6 is 0 Å². The highest BCUT2D eigenvalue weighted by Crippen LogP contribution is 2.19. The molecule has 2 N–H and O–H groups in total. The molecule has 0 aliphatic rings. The summed E-state index contributed by atoms with van der Waals surface area (Å²) in [6.07, 6.45) is 1.54. The molecule has 2 amide bonds. The van der Waals surface area contributed by atoms with Gasteiger partial charge in [0.2, 0.25) is 11.8 Å². The highest BCUT2D eigenvalue weighted by atomic mass is 16.2. The average molecular weight is 246 g/mol. The molecule has 0 aliphatic carbocycles. The number of hydrogen-bond donors (Lipinski definition) is 2. The molecular weight excluding hydrogens is 228 g/mol. The van der Waals surface area contributed by atoms with E-state index in [4.69, 9.17) is 0 Å². The Morgan fingerprint density at radius 2 is 1.78 bits per heavy atom. The molecule has 0 saturated heterocycles. The Kier molecular flexibility index (Phi) is 4.66. The molecule has 0 bridgehead atoms. The fourth-order valence-corrected chi connectivity index (χ4v) is 1.51. The maximum Gasteiger partial charge on any atom is 0.248 e. The van der Waals surface area contributed by atoms with E-state index in [-0.39, 0.29) is 11.8 Å². The molecule has 18 heavy (non-hydrogen) atoms. The van der Waals surface area contributed by atoms with Gasteiger partial charge >= 0.3 is 0 Å². The number of aryl methyl sites for hydroxylation is 1. The molecule has 96 valence electrons. The van der Waals surface area contributed by atoms with Gasteiger partial charge in [0.05, 0.1) is 0 Å². The summed E-state index contributed by atoms with van der Waals surface area (Å²) in [5.74, 6) is -0.263. The van der Waals surface area contributed by atoms with E-state index in [0.717, 1.165) is 16.8 Å². The summed E-state index contributed by atoms with van der Waals surface area (Å²) < 4.78 is 0. The van der Waals surface area contributed by atoms with Crippen LogP contribution in [0.4, 0.5) is 11.4 Å². The van der Waals surface area contributed by atoms with Gasteiger partial charge in [-0.15, -0.1) is 0 Å². The normalized spacial score (nSPS) is 9.56. The minimum Gasteiger partial charge on any atom is -0.326 e. The Bertz CT molecular complexity index is 501. The molecule has 0 radical (unpaired) electrons. The van der Waals surface area contributed by atoms with E-state index in [1.54, 1.807) is 12.1 Å². The first kappa shape index (κ1) is 14.0. The second kappa shape index (κ2) is 6.00. The van der Waals surface area contributed by atoms with Gasteiger partial charge in [0.25, 0.3) is 0 Å². The number of amides is 2. The van der Waals surface area contributed by atoms with E-state index in [2.05, 4.69) is 10.6 Å². The molecule has 0 atom stereocenters. The summed E-state index contributed by atoms with van der Waals surface area (Å²) in [6, 6.07) is 5.35. The van der Waals surface area contributed by atoms with Gasteiger partial charge in [-0.3, -0.25) is 9.59 Å². The number of hydrogen-bond acceptors (Lipinski definition) is 2. The van der Waals surface area contributed by atoms with Gasteiger partial charge in [0.15, 0.2) is 0 Å². The lowest BCUT2D eigenvalue weighted by molar-refractivity contribution is -0.114. The summed E-state index contributed by atoms with van der Waals surface area (Å²) in [5.41, 5.74) is 3.31. The topological polar surface area (TPSA) is 58.2 Å². The Hall–Kier alpha value is -2.10. The van der Waals surface area contributed by atoms with Gasteiger partial charge in [-0.05, 0) is 44.5 Å². The molecule has 0 aromatic heterocycles. The lowest BCUT2D eigenvalue weighted by Gasteiger charge is -2.09. The second-order valence-corrected chi connectivity index (χ2v) is 4.42. The highest BCUT2D eigenvalue weighted by Gasteiger charge is 2.03. The highest BCUT2D eigenvalue weighted by molar-refractivity contribution is 6.00. The Morgan fingerprint density at radius 3 is 2.28 bits per heavy atom. The van der Waals surface area contributed by atoms with Crippen molar-refractivity contribution in [2.45, 2.75) is 27.7 Å². The molecule has 1 aromatic rings. The van der Waals surface area contributed by atoms with Crippen LogP contribution in [0.3, 0.4) is 0 Å². The zero-order valence-corrected chi connectivity index (χ0v) is 11.1. The number of allylic oxidation sites excluding steroid dienone is 1. The maximum absolute atomic E-state index is 11.5. The summed E-state index contributed by atoms with van der Waals surface area (Å²) in [7, 11) is 0. The third-order valence-corrected chi connectivity index (χ3v) is 2.22. The number of nitrogens with one attached hydrogen (secondary N) is 2. The van der Waals surface area contributed by atoms with Crippen molar-refractivity contribution in [3.8, 4) is 0 Å². The van der Waals surface area contributed by atoms with Gasteiger partial charge in [-0.1, -0.05) is 5.57 Å². The van der Waals surface area contributed by atoms with Crippen molar-refractivity contribution < 1.29 is 9.59 Å². The van der Waals surface area contributed by atoms with Gasteiger partial charge in [-0.2, -0.15) is 0 Å². The summed E-state index contributed by atoms with van der Waals surface area (Å²) in [4.78, 5) is 22.5. The summed E-state index contributed by atoms with van der Waals surface area (Å²) in [6.45, 7) is 7.07. The second-order valence-electron chi connectivity index (χ2n) is 4.42. The number of rotatable bonds is 3. The van der Waals surface area contributed by atoms with E-state index in [1.807, 2.05) is 26.8 Å². The first-order valence-corrected chi connectivity index (χ1v) is 5.72. The number of carbonyl (C=O) groups is 2. The summed E-state index contributed by atoms with van der Waals surface area (Å²) in [5, 5.41) is 5.49. The SMILES string of the molecule is CC(=O)Nc1ccc(NC(=O)C=C(C)C)cc1C. The van der Waals surface area contributed by atoms with Crippen molar-refractivity contribution in [2.24, 2.45) is 0 Å². The monoisotopic (exact) mass is 246 g/mol. The molecule has 0 unspecified atom stereocenters. The van der Waals surface area contributed by atoms with Gasteiger partial charge in [0, 0.05) is 24.4 Å². The van der Waals surface area contributed by atoms with Crippen LogP contribution in [0.15, 0.2) is 29.8 Å². The van der Waals surface area contributed by atoms with Crippen molar-refractivity contribution in [1.29, 1.82) is 0 Å². The molecule has 0 aliphatic heterocycles. The van der Waals surface area contributed by atoms with Crippen molar-refractivity contribution in [2.75, 3.05) is 10.6 Å². The van der Waals surface area contributed by atoms with Crippen molar-refractivity contribution in [3.63, 3.8) is 0 Å².